The minimum atomic E-state index is -0.807. The Morgan fingerprint density at radius 1 is 0.871 bits per heavy atom. The van der Waals surface area contributed by atoms with E-state index in [1.165, 1.54) is 18.2 Å². The second-order valence-electron chi connectivity index (χ2n) is 7.08. The van der Waals surface area contributed by atoms with Crippen LogP contribution >= 0.6 is 23.2 Å². The maximum Gasteiger partial charge on any atom is 0.335 e. The van der Waals surface area contributed by atoms with E-state index < -0.39 is 17.8 Å². The van der Waals surface area contributed by atoms with E-state index in [4.69, 9.17) is 23.2 Å². The minimum Gasteiger partial charge on any atom is -0.318 e. The van der Waals surface area contributed by atoms with Crippen molar-refractivity contribution in [2.24, 2.45) is 0 Å². The molecular weight excluding hydrogens is 437 g/mol. The number of imide groups is 2. The topological polar surface area (TPSA) is 71.4 Å². The molecule has 1 aliphatic rings. The van der Waals surface area contributed by atoms with Gasteiger partial charge in [-0.05, 0) is 74.0 Å². The van der Waals surface area contributed by atoms with E-state index in [0.717, 1.165) is 22.0 Å². The Bertz CT molecular complexity index is 1260. The summed E-state index contributed by atoms with van der Waals surface area (Å²) in [5.74, 6) is -1.45. The Morgan fingerprint density at radius 2 is 1.58 bits per heavy atom. The first-order valence-electron chi connectivity index (χ1n) is 9.38. The zero-order valence-electron chi connectivity index (χ0n) is 16.6. The number of nitrogens with zero attached hydrogens (tertiary/aromatic N) is 2. The SMILES string of the molecule is Cc1cc(/C=C2/C(=O)NC(=O)N(c3ccc(Cl)cc3)C2=O)c(C)n1-c1cccc(Cl)c1. The van der Waals surface area contributed by atoms with Crippen LogP contribution < -0.4 is 10.2 Å². The highest BCUT2D eigenvalue weighted by Gasteiger charge is 2.37. The lowest BCUT2D eigenvalue weighted by Gasteiger charge is -2.26. The van der Waals surface area contributed by atoms with Crippen LogP contribution in [-0.2, 0) is 9.59 Å². The van der Waals surface area contributed by atoms with E-state index in [1.54, 1.807) is 18.2 Å². The third-order valence-electron chi connectivity index (χ3n) is 5.02. The molecule has 0 aliphatic carbocycles. The highest BCUT2D eigenvalue weighted by molar-refractivity contribution is 6.39. The summed E-state index contributed by atoms with van der Waals surface area (Å²) in [5.41, 5.74) is 3.45. The number of rotatable bonds is 3. The molecule has 1 fully saturated rings. The van der Waals surface area contributed by atoms with Gasteiger partial charge in [0.25, 0.3) is 11.8 Å². The number of urea groups is 1. The molecule has 0 atom stereocenters. The van der Waals surface area contributed by atoms with Crippen molar-refractivity contribution in [2.75, 3.05) is 4.90 Å². The highest BCUT2D eigenvalue weighted by atomic mass is 35.5. The monoisotopic (exact) mass is 453 g/mol. The summed E-state index contributed by atoms with van der Waals surface area (Å²) in [7, 11) is 0. The Labute approximate surface area is 188 Å². The van der Waals surface area contributed by atoms with E-state index in [9.17, 15) is 14.4 Å². The van der Waals surface area contributed by atoms with Crippen molar-refractivity contribution in [1.29, 1.82) is 0 Å². The third-order valence-corrected chi connectivity index (χ3v) is 5.51. The number of benzene rings is 2. The molecule has 4 amide bonds. The molecule has 2 aromatic carbocycles. The molecular formula is C23H17Cl2N3O3. The number of carbonyl (C=O) groups excluding carboxylic acids is 3. The van der Waals surface area contributed by atoms with Gasteiger partial charge >= 0.3 is 6.03 Å². The van der Waals surface area contributed by atoms with E-state index in [1.807, 2.05) is 42.7 Å². The van der Waals surface area contributed by atoms with Crippen LogP contribution in [0.1, 0.15) is 17.0 Å². The lowest BCUT2D eigenvalue weighted by molar-refractivity contribution is -0.122. The average molecular weight is 454 g/mol. The molecule has 0 radical (unpaired) electrons. The van der Waals surface area contributed by atoms with Gasteiger partial charge in [0, 0.05) is 27.1 Å². The predicted octanol–water partition coefficient (Wildman–Crippen LogP) is 5.07. The second-order valence-corrected chi connectivity index (χ2v) is 7.95. The van der Waals surface area contributed by atoms with Crippen molar-refractivity contribution in [1.82, 2.24) is 9.88 Å². The van der Waals surface area contributed by atoms with Crippen molar-refractivity contribution in [3.8, 4) is 5.69 Å². The largest absolute Gasteiger partial charge is 0.335 e. The van der Waals surface area contributed by atoms with Crippen LogP contribution in [0.15, 0.2) is 60.2 Å². The zero-order chi connectivity index (χ0) is 22.3. The normalized spacial score (nSPS) is 15.5. The second kappa shape index (κ2) is 8.06. The lowest BCUT2D eigenvalue weighted by atomic mass is 10.1. The number of halogens is 2. The third kappa shape index (κ3) is 3.87. The first-order chi connectivity index (χ1) is 14.8. The van der Waals surface area contributed by atoms with Gasteiger partial charge in [-0.3, -0.25) is 14.9 Å². The maximum absolute atomic E-state index is 13.1. The molecule has 156 valence electrons. The number of aryl methyl sites for hydroxylation is 1. The number of hydrogen-bond acceptors (Lipinski definition) is 3. The lowest BCUT2D eigenvalue weighted by Crippen LogP contribution is -2.54. The molecule has 6 nitrogen and oxygen atoms in total. The van der Waals surface area contributed by atoms with Crippen LogP contribution in [0.4, 0.5) is 10.5 Å². The Kier molecular flexibility index (Phi) is 5.43. The summed E-state index contributed by atoms with van der Waals surface area (Å²) in [6.45, 7) is 3.80. The van der Waals surface area contributed by atoms with Crippen molar-refractivity contribution < 1.29 is 14.4 Å². The number of nitrogens with one attached hydrogen (secondary N) is 1. The van der Waals surface area contributed by atoms with E-state index in [-0.39, 0.29) is 5.57 Å². The van der Waals surface area contributed by atoms with Crippen molar-refractivity contribution in [3.05, 3.63) is 87.2 Å². The number of amides is 4. The molecule has 1 saturated heterocycles. The molecule has 4 rings (SSSR count). The van der Waals surface area contributed by atoms with Crippen molar-refractivity contribution in [2.45, 2.75) is 13.8 Å². The van der Waals surface area contributed by atoms with Crippen LogP contribution in [0.25, 0.3) is 11.8 Å². The minimum absolute atomic E-state index is 0.138. The average Bonchev–Trinajstić information content (AvgIpc) is 2.99. The molecule has 0 bridgehead atoms. The summed E-state index contributed by atoms with van der Waals surface area (Å²) >= 11 is 12.0. The van der Waals surface area contributed by atoms with Crippen LogP contribution in [-0.4, -0.2) is 22.4 Å². The van der Waals surface area contributed by atoms with E-state index in [2.05, 4.69) is 5.32 Å². The Morgan fingerprint density at radius 3 is 2.26 bits per heavy atom. The molecule has 1 aliphatic heterocycles. The van der Waals surface area contributed by atoms with Gasteiger partial charge in [0.2, 0.25) is 0 Å². The highest BCUT2D eigenvalue weighted by Crippen LogP contribution is 2.27. The van der Waals surface area contributed by atoms with Gasteiger partial charge in [0.1, 0.15) is 5.57 Å². The molecule has 0 spiro atoms. The molecule has 3 aromatic rings. The molecule has 2 heterocycles. The number of carbonyl (C=O) groups is 3. The molecule has 1 aromatic heterocycles. The van der Waals surface area contributed by atoms with Crippen LogP contribution in [0.2, 0.25) is 10.0 Å². The van der Waals surface area contributed by atoms with E-state index >= 15 is 0 Å². The number of barbiturate groups is 1. The summed E-state index contributed by atoms with van der Waals surface area (Å²) in [6, 6.07) is 14.7. The fourth-order valence-corrected chi connectivity index (χ4v) is 3.89. The molecule has 31 heavy (non-hydrogen) atoms. The molecule has 1 N–H and O–H groups in total. The molecule has 0 unspecified atom stereocenters. The van der Waals surface area contributed by atoms with Gasteiger partial charge in [0.05, 0.1) is 5.69 Å². The fourth-order valence-electron chi connectivity index (χ4n) is 3.58. The summed E-state index contributed by atoms with van der Waals surface area (Å²) in [5, 5.41) is 3.29. The smallest absolute Gasteiger partial charge is 0.318 e. The first-order valence-corrected chi connectivity index (χ1v) is 10.1. The molecule has 0 saturated carbocycles. The quantitative estimate of drug-likeness (QED) is 0.444. The van der Waals surface area contributed by atoms with Crippen LogP contribution in [0.5, 0.6) is 0 Å². The van der Waals surface area contributed by atoms with Gasteiger partial charge < -0.3 is 4.57 Å². The summed E-state index contributed by atoms with van der Waals surface area (Å²) in [4.78, 5) is 38.8. The first kappa shape index (κ1) is 20.9. The number of hydrogen-bond donors (Lipinski definition) is 1. The van der Waals surface area contributed by atoms with Gasteiger partial charge in [-0.2, -0.15) is 0 Å². The van der Waals surface area contributed by atoms with Gasteiger partial charge in [-0.1, -0.05) is 29.3 Å². The number of anilines is 1. The van der Waals surface area contributed by atoms with Gasteiger partial charge in [-0.15, -0.1) is 0 Å². The Hall–Kier alpha value is -3.35. The summed E-state index contributed by atoms with van der Waals surface area (Å²) in [6.07, 6.45) is 1.50. The summed E-state index contributed by atoms with van der Waals surface area (Å²) < 4.78 is 1.98. The molecule has 8 heteroatoms. The maximum atomic E-state index is 13.1. The zero-order valence-corrected chi connectivity index (χ0v) is 18.2. The Balaban J connectivity index is 1.76. The van der Waals surface area contributed by atoms with Crippen molar-refractivity contribution in [3.63, 3.8) is 0 Å². The standard InChI is InChI=1S/C23H17Cl2N3O3/c1-13-10-15(14(2)27(13)19-5-3-4-17(25)12-19)11-20-21(29)26-23(31)28(22(20)30)18-8-6-16(24)7-9-18/h3-12H,1-2H3,(H,26,29,31)/b20-11-. The van der Waals surface area contributed by atoms with Crippen LogP contribution in [0, 0.1) is 13.8 Å². The van der Waals surface area contributed by atoms with Gasteiger partial charge in [-0.25, -0.2) is 9.69 Å². The van der Waals surface area contributed by atoms with Crippen LogP contribution in [0.3, 0.4) is 0 Å². The predicted molar refractivity (Wildman–Crippen MR) is 121 cm³/mol. The fraction of sp³-hybridized carbons (Fsp3) is 0.0870. The van der Waals surface area contributed by atoms with Gasteiger partial charge in [0.15, 0.2) is 0 Å². The number of aromatic nitrogens is 1. The van der Waals surface area contributed by atoms with Crippen molar-refractivity contribution >= 4 is 52.8 Å². The van der Waals surface area contributed by atoms with E-state index in [0.29, 0.717) is 21.3 Å².